The van der Waals surface area contributed by atoms with Crippen molar-refractivity contribution >= 4 is 5.97 Å². The Hall–Kier alpha value is -2.30. The van der Waals surface area contributed by atoms with Crippen LogP contribution in [0.4, 0.5) is 0 Å². The first-order chi connectivity index (χ1) is 8.22. The van der Waals surface area contributed by atoms with Gasteiger partial charge in [0.05, 0.1) is 19.9 Å². The minimum Gasteiger partial charge on any atom is -0.467 e. The van der Waals surface area contributed by atoms with Gasteiger partial charge in [0.1, 0.15) is 11.3 Å². The number of methoxy groups -OCH3 is 1. The molecule has 2 rings (SSSR count). The summed E-state index contributed by atoms with van der Waals surface area (Å²) in [4.78, 5) is 22.9. The topological polar surface area (TPSA) is 61.4 Å². The molecule has 0 aliphatic heterocycles. The second-order valence-electron chi connectivity index (χ2n) is 3.42. The van der Waals surface area contributed by atoms with Crippen molar-refractivity contribution in [2.75, 3.05) is 7.11 Å². The lowest BCUT2D eigenvalue weighted by Gasteiger charge is -2.04. The highest BCUT2D eigenvalue weighted by molar-refractivity contribution is 5.90. The van der Waals surface area contributed by atoms with Gasteiger partial charge in [-0.15, -0.1) is 0 Å². The number of carbonyl (C=O) groups is 1. The fourth-order valence-corrected chi connectivity index (χ4v) is 1.50. The Morgan fingerprint density at radius 1 is 1.41 bits per heavy atom. The Morgan fingerprint density at radius 3 is 2.94 bits per heavy atom. The number of rotatable bonds is 3. The molecule has 17 heavy (non-hydrogen) atoms. The van der Waals surface area contributed by atoms with Crippen molar-refractivity contribution in [3.63, 3.8) is 0 Å². The molecule has 0 atom stereocenters. The van der Waals surface area contributed by atoms with Crippen LogP contribution in [-0.2, 0) is 11.3 Å². The number of nitrogens with zero attached hydrogens (tertiary/aromatic N) is 1. The standard InChI is InChI=1S/C12H11NO4/c1-16-12(15)9-5-7-17-10(9)8-13-6-3-2-4-11(13)14/h2-7H,8H2,1H3. The summed E-state index contributed by atoms with van der Waals surface area (Å²) < 4.78 is 11.3. The van der Waals surface area contributed by atoms with Crippen molar-refractivity contribution in [3.8, 4) is 0 Å². The number of esters is 1. The highest BCUT2D eigenvalue weighted by Gasteiger charge is 2.15. The molecule has 0 saturated carbocycles. The van der Waals surface area contributed by atoms with E-state index in [0.717, 1.165) is 0 Å². The largest absolute Gasteiger partial charge is 0.467 e. The van der Waals surface area contributed by atoms with E-state index in [2.05, 4.69) is 4.74 Å². The molecule has 0 aliphatic rings. The van der Waals surface area contributed by atoms with E-state index in [-0.39, 0.29) is 12.1 Å². The van der Waals surface area contributed by atoms with Gasteiger partial charge in [-0.1, -0.05) is 6.07 Å². The molecule has 0 fully saturated rings. The zero-order valence-electron chi connectivity index (χ0n) is 9.25. The first kappa shape index (κ1) is 11.2. The molecule has 0 unspecified atom stereocenters. The van der Waals surface area contributed by atoms with Crippen molar-refractivity contribution in [3.05, 3.63) is 58.4 Å². The first-order valence-electron chi connectivity index (χ1n) is 5.02. The highest BCUT2D eigenvalue weighted by Crippen LogP contribution is 2.12. The van der Waals surface area contributed by atoms with Crippen molar-refractivity contribution in [2.45, 2.75) is 6.54 Å². The number of ether oxygens (including phenoxy) is 1. The summed E-state index contributed by atoms with van der Waals surface area (Å²) in [5, 5.41) is 0. The van der Waals surface area contributed by atoms with Gasteiger partial charge in [-0.05, 0) is 12.1 Å². The number of hydrogen-bond donors (Lipinski definition) is 0. The van der Waals surface area contributed by atoms with Crippen LogP contribution in [-0.4, -0.2) is 17.6 Å². The molecule has 0 N–H and O–H groups in total. The van der Waals surface area contributed by atoms with Gasteiger partial charge in [-0.3, -0.25) is 4.79 Å². The van der Waals surface area contributed by atoms with Crippen molar-refractivity contribution in [1.82, 2.24) is 4.57 Å². The van der Waals surface area contributed by atoms with Crippen molar-refractivity contribution in [2.24, 2.45) is 0 Å². The van der Waals surface area contributed by atoms with Crippen LogP contribution in [0, 0.1) is 0 Å². The number of pyridine rings is 1. The summed E-state index contributed by atoms with van der Waals surface area (Å²) in [6.07, 6.45) is 3.03. The smallest absolute Gasteiger partial charge is 0.341 e. The second-order valence-corrected chi connectivity index (χ2v) is 3.42. The van der Waals surface area contributed by atoms with E-state index in [0.29, 0.717) is 11.3 Å². The van der Waals surface area contributed by atoms with Crippen molar-refractivity contribution in [1.29, 1.82) is 0 Å². The predicted molar refractivity (Wildman–Crippen MR) is 59.9 cm³/mol. The number of aromatic nitrogens is 1. The zero-order valence-corrected chi connectivity index (χ0v) is 9.25. The molecule has 2 aromatic heterocycles. The minimum atomic E-state index is -0.474. The Balaban J connectivity index is 2.31. The lowest BCUT2D eigenvalue weighted by molar-refractivity contribution is 0.0598. The van der Waals surface area contributed by atoms with E-state index in [1.54, 1.807) is 18.3 Å². The summed E-state index contributed by atoms with van der Waals surface area (Å²) >= 11 is 0. The van der Waals surface area contributed by atoms with Crippen LogP contribution in [0.15, 0.2) is 45.9 Å². The minimum absolute atomic E-state index is 0.153. The third kappa shape index (κ3) is 2.28. The van der Waals surface area contributed by atoms with Gasteiger partial charge >= 0.3 is 5.97 Å². The molecule has 0 saturated heterocycles. The van der Waals surface area contributed by atoms with Gasteiger partial charge in [0.25, 0.3) is 5.56 Å². The summed E-state index contributed by atoms with van der Waals surface area (Å²) in [5.74, 6) is -0.0668. The molecule has 0 amide bonds. The molecule has 0 radical (unpaired) electrons. The Morgan fingerprint density at radius 2 is 2.24 bits per heavy atom. The normalized spacial score (nSPS) is 10.2. The van der Waals surface area contributed by atoms with Crippen LogP contribution < -0.4 is 5.56 Å². The summed E-state index contributed by atoms with van der Waals surface area (Å²) in [7, 11) is 1.30. The lowest BCUT2D eigenvalue weighted by atomic mass is 10.2. The number of furan rings is 1. The molecule has 0 bridgehead atoms. The molecule has 5 heteroatoms. The molecule has 88 valence electrons. The molecule has 5 nitrogen and oxygen atoms in total. The maximum Gasteiger partial charge on any atom is 0.341 e. The van der Waals surface area contributed by atoms with Crippen LogP contribution in [0.1, 0.15) is 16.1 Å². The van der Waals surface area contributed by atoms with E-state index in [9.17, 15) is 9.59 Å². The fourth-order valence-electron chi connectivity index (χ4n) is 1.50. The summed E-state index contributed by atoms with van der Waals surface area (Å²) in [6.45, 7) is 0.205. The van der Waals surface area contributed by atoms with Crippen LogP contribution in [0.5, 0.6) is 0 Å². The quantitative estimate of drug-likeness (QED) is 0.749. The Labute approximate surface area is 97.2 Å². The highest BCUT2D eigenvalue weighted by atomic mass is 16.5. The maximum atomic E-state index is 11.5. The average molecular weight is 233 g/mol. The molecule has 0 aromatic carbocycles. The van der Waals surface area contributed by atoms with E-state index in [1.807, 2.05) is 0 Å². The van der Waals surface area contributed by atoms with Crippen LogP contribution in [0.25, 0.3) is 0 Å². The van der Waals surface area contributed by atoms with E-state index >= 15 is 0 Å². The maximum absolute atomic E-state index is 11.5. The number of hydrogen-bond acceptors (Lipinski definition) is 4. The molecule has 2 heterocycles. The Kier molecular flexibility index (Phi) is 3.09. The summed E-state index contributed by atoms with van der Waals surface area (Å²) in [5.41, 5.74) is 0.183. The molecule has 2 aromatic rings. The second kappa shape index (κ2) is 4.69. The van der Waals surface area contributed by atoms with Gasteiger partial charge < -0.3 is 13.7 Å². The third-order valence-electron chi connectivity index (χ3n) is 2.36. The number of carbonyl (C=O) groups excluding carboxylic acids is 1. The van der Waals surface area contributed by atoms with Crippen LogP contribution >= 0.6 is 0 Å². The van der Waals surface area contributed by atoms with E-state index in [1.165, 1.54) is 30.1 Å². The average Bonchev–Trinajstić information content (AvgIpc) is 2.79. The zero-order chi connectivity index (χ0) is 12.3. The van der Waals surface area contributed by atoms with Gasteiger partial charge in [0, 0.05) is 12.3 Å². The van der Waals surface area contributed by atoms with Crippen LogP contribution in [0.3, 0.4) is 0 Å². The molecule has 0 spiro atoms. The molecular formula is C12H11NO4. The first-order valence-corrected chi connectivity index (χ1v) is 5.02. The van der Waals surface area contributed by atoms with E-state index < -0.39 is 5.97 Å². The predicted octanol–water partition coefficient (Wildman–Crippen LogP) is 1.28. The van der Waals surface area contributed by atoms with Gasteiger partial charge in [-0.25, -0.2) is 4.79 Å². The van der Waals surface area contributed by atoms with Gasteiger partial charge in [0.2, 0.25) is 0 Å². The molecule has 0 aliphatic carbocycles. The molecular weight excluding hydrogens is 222 g/mol. The van der Waals surface area contributed by atoms with Crippen LogP contribution in [0.2, 0.25) is 0 Å². The SMILES string of the molecule is COC(=O)c1ccoc1Cn1ccccc1=O. The third-order valence-corrected chi connectivity index (χ3v) is 2.36. The lowest BCUT2D eigenvalue weighted by Crippen LogP contribution is -2.19. The van der Waals surface area contributed by atoms with Gasteiger partial charge in [-0.2, -0.15) is 0 Å². The Bertz CT molecular complexity index is 582. The summed E-state index contributed by atoms with van der Waals surface area (Å²) in [6, 6.07) is 6.36. The van der Waals surface area contributed by atoms with Crippen molar-refractivity contribution < 1.29 is 13.9 Å². The fraction of sp³-hybridized carbons (Fsp3) is 0.167. The van der Waals surface area contributed by atoms with Gasteiger partial charge in [0.15, 0.2) is 0 Å². The van der Waals surface area contributed by atoms with E-state index in [4.69, 9.17) is 4.42 Å². The monoisotopic (exact) mass is 233 g/mol.